The van der Waals surface area contributed by atoms with Crippen molar-refractivity contribution < 1.29 is 0 Å². The maximum absolute atomic E-state index is 6.70. The van der Waals surface area contributed by atoms with E-state index < -0.39 is 0 Å². The Morgan fingerprint density at radius 3 is 2.60 bits per heavy atom. The molecule has 0 radical (unpaired) electrons. The Morgan fingerprint density at radius 2 is 1.80 bits per heavy atom. The minimum atomic E-state index is -0.0727. The van der Waals surface area contributed by atoms with Crippen LogP contribution < -0.4 is 0 Å². The molecule has 3 aromatic rings. The Balaban J connectivity index is 1.59. The van der Waals surface area contributed by atoms with Gasteiger partial charge >= 0.3 is 0 Å². The van der Waals surface area contributed by atoms with E-state index in [1.165, 1.54) is 32.1 Å². The molecule has 2 aliphatic rings. The van der Waals surface area contributed by atoms with E-state index in [-0.39, 0.29) is 6.04 Å². The topological polar surface area (TPSA) is 59.7 Å². The molecule has 0 unspecified atom stereocenters. The van der Waals surface area contributed by atoms with Crippen LogP contribution >= 0.6 is 11.6 Å². The van der Waals surface area contributed by atoms with Crippen molar-refractivity contribution in [3.63, 3.8) is 0 Å². The Hall–Kier alpha value is -2.05. The van der Waals surface area contributed by atoms with Gasteiger partial charge in [0.05, 0.1) is 22.3 Å². The first kappa shape index (κ1) is 19.9. The second kappa shape index (κ2) is 8.60. The number of aromatic nitrogens is 5. The molecular weight excluding hydrogens is 396 g/mol. The average Bonchev–Trinajstić information content (AvgIpc) is 3.25. The third-order valence-corrected chi connectivity index (χ3v) is 7.15. The number of rotatable bonds is 4. The van der Waals surface area contributed by atoms with Crippen LogP contribution in [-0.2, 0) is 0 Å². The summed E-state index contributed by atoms with van der Waals surface area (Å²) in [5.74, 6) is 1.67. The summed E-state index contributed by atoms with van der Waals surface area (Å²) >= 11 is 6.70. The number of fused-ring (bicyclic) bond motifs is 1. The van der Waals surface area contributed by atoms with Gasteiger partial charge in [-0.15, -0.1) is 5.10 Å². The molecule has 7 heteroatoms. The van der Waals surface area contributed by atoms with Gasteiger partial charge in [-0.25, -0.2) is 4.68 Å². The Bertz CT molecular complexity index is 1000. The molecule has 1 atom stereocenters. The van der Waals surface area contributed by atoms with Crippen molar-refractivity contribution in [2.45, 2.75) is 64.0 Å². The van der Waals surface area contributed by atoms with Gasteiger partial charge in [-0.05, 0) is 67.3 Å². The molecule has 1 saturated carbocycles. The maximum atomic E-state index is 6.70. The number of benzene rings is 1. The first-order valence-corrected chi connectivity index (χ1v) is 11.7. The van der Waals surface area contributed by atoms with Crippen LogP contribution in [0.4, 0.5) is 0 Å². The Labute approximate surface area is 182 Å². The van der Waals surface area contributed by atoms with Crippen LogP contribution in [0.3, 0.4) is 0 Å². The molecule has 1 saturated heterocycles. The zero-order valence-corrected chi connectivity index (χ0v) is 18.3. The largest absolute Gasteiger partial charge is 0.288 e. The lowest BCUT2D eigenvalue weighted by atomic mass is 9.94. The number of halogens is 1. The molecule has 3 heterocycles. The number of para-hydroxylation sites is 1. The number of hydrogen-bond acceptors (Lipinski definition) is 5. The summed E-state index contributed by atoms with van der Waals surface area (Å²) in [4.78, 5) is 7.54. The van der Waals surface area contributed by atoms with E-state index in [4.69, 9.17) is 16.6 Å². The standard InChI is InChI=1S/C23H29ClN6/c1-16-11-13-29(14-12-16)22(21-15-19(24)18-9-5-6-10-20(18)25-21)23-26-27-28-30(23)17-7-3-2-4-8-17/h5-6,9-10,15-17,22H,2-4,7-8,11-14H2,1H3/t22-/m0/s1. The molecule has 5 rings (SSSR count). The second-order valence-corrected chi connectivity index (χ2v) is 9.35. The molecule has 6 nitrogen and oxygen atoms in total. The average molecular weight is 425 g/mol. The molecule has 0 spiro atoms. The molecule has 1 aromatic carbocycles. The summed E-state index contributed by atoms with van der Waals surface area (Å²) in [5.41, 5.74) is 1.87. The summed E-state index contributed by atoms with van der Waals surface area (Å²) in [6.07, 6.45) is 8.46. The zero-order valence-electron chi connectivity index (χ0n) is 17.5. The van der Waals surface area contributed by atoms with Crippen LogP contribution in [0, 0.1) is 5.92 Å². The lowest BCUT2D eigenvalue weighted by molar-refractivity contribution is 0.144. The molecule has 2 fully saturated rings. The third-order valence-electron chi connectivity index (χ3n) is 6.83. The fourth-order valence-corrected chi connectivity index (χ4v) is 5.30. The molecule has 30 heavy (non-hydrogen) atoms. The van der Waals surface area contributed by atoms with Gasteiger partial charge in [0.15, 0.2) is 5.82 Å². The van der Waals surface area contributed by atoms with Crippen molar-refractivity contribution in [3.05, 3.63) is 46.9 Å². The Kier molecular flexibility index (Phi) is 5.70. The highest BCUT2D eigenvalue weighted by Crippen LogP contribution is 2.36. The fourth-order valence-electron chi connectivity index (χ4n) is 5.03. The summed E-state index contributed by atoms with van der Waals surface area (Å²) < 4.78 is 2.09. The van der Waals surface area contributed by atoms with Gasteiger partial charge < -0.3 is 0 Å². The monoisotopic (exact) mass is 424 g/mol. The number of hydrogen-bond donors (Lipinski definition) is 0. The van der Waals surface area contributed by atoms with Crippen LogP contribution in [0.5, 0.6) is 0 Å². The molecule has 2 aromatic heterocycles. The van der Waals surface area contributed by atoms with Gasteiger partial charge in [-0.1, -0.05) is 56.0 Å². The van der Waals surface area contributed by atoms with E-state index in [9.17, 15) is 0 Å². The lowest BCUT2D eigenvalue weighted by Gasteiger charge is -2.36. The summed E-state index contributed by atoms with van der Waals surface area (Å²) in [6, 6.07) is 10.4. The van der Waals surface area contributed by atoms with E-state index in [1.54, 1.807) is 0 Å². The number of pyridine rings is 1. The third kappa shape index (κ3) is 3.83. The predicted octanol–water partition coefficient (Wildman–Crippen LogP) is 5.20. The number of tetrazole rings is 1. The van der Waals surface area contributed by atoms with Gasteiger partial charge in [0.1, 0.15) is 6.04 Å². The summed E-state index contributed by atoms with van der Waals surface area (Å²) in [7, 11) is 0. The predicted molar refractivity (Wildman–Crippen MR) is 119 cm³/mol. The lowest BCUT2D eigenvalue weighted by Crippen LogP contribution is -2.38. The highest BCUT2D eigenvalue weighted by molar-refractivity contribution is 6.35. The van der Waals surface area contributed by atoms with Gasteiger partial charge in [-0.3, -0.25) is 9.88 Å². The zero-order chi connectivity index (χ0) is 20.5. The van der Waals surface area contributed by atoms with Crippen molar-refractivity contribution in [1.29, 1.82) is 0 Å². The summed E-state index contributed by atoms with van der Waals surface area (Å²) in [5, 5.41) is 14.8. The van der Waals surface area contributed by atoms with Crippen molar-refractivity contribution in [3.8, 4) is 0 Å². The number of likely N-dealkylation sites (tertiary alicyclic amines) is 1. The van der Waals surface area contributed by atoms with Crippen molar-refractivity contribution >= 4 is 22.5 Å². The van der Waals surface area contributed by atoms with Crippen LogP contribution in [0.2, 0.25) is 5.02 Å². The van der Waals surface area contributed by atoms with Crippen LogP contribution in [0.25, 0.3) is 10.9 Å². The minimum absolute atomic E-state index is 0.0727. The van der Waals surface area contributed by atoms with Crippen molar-refractivity contribution in [2.75, 3.05) is 13.1 Å². The minimum Gasteiger partial charge on any atom is -0.288 e. The Morgan fingerprint density at radius 1 is 1.03 bits per heavy atom. The highest BCUT2D eigenvalue weighted by atomic mass is 35.5. The van der Waals surface area contributed by atoms with Gasteiger partial charge in [0.25, 0.3) is 0 Å². The number of piperidine rings is 1. The van der Waals surface area contributed by atoms with Gasteiger partial charge in [-0.2, -0.15) is 0 Å². The molecule has 1 aliphatic heterocycles. The van der Waals surface area contributed by atoms with Gasteiger partial charge in [0.2, 0.25) is 0 Å². The van der Waals surface area contributed by atoms with Crippen LogP contribution in [0.15, 0.2) is 30.3 Å². The van der Waals surface area contributed by atoms with E-state index in [1.807, 2.05) is 30.3 Å². The van der Waals surface area contributed by atoms with Crippen LogP contribution in [0.1, 0.15) is 75.5 Å². The van der Waals surface area contributed by atoms with Gasteiger partial charge in [0, 0.05) is 5.39 Å². The van der Waals surface area contributed by atoms with E-state index >= 15 is 0 Å². The normalized spacial score (nSPS) is 20.6. The van der Waals surface area contributed by atoms with Crippen molar-refractivity contribution in [1.82, 2.24) is 30.1 Å². The summed E-state index contributed by atoms with van der Waals surface area (Å²) in [6.45, 7) is 4.38. The first-order chi connectivity index (χ1) is 14.7. The molecule has 0 bridgehead atoms. The van der Waals surface area contributed by atoms with Crippen molar-refractivity contribution in [2.24, 2.45) is 5.92 Å². The van der Waals surface area contributed by atoms with E-state index in [0.29, 0.717) is 6.04 Å². The molecule has 0 amide bonds. The second-order valence-electron chi connectivity index (χ2n) is 8.94. The first-order valence-electron chi connectivity index (χ1n) is 11.3. The molecule has 0 N–H and O–H groups in total. The quantitative estimate of drug-likeness (QED) is 0.576. The fraction of sp³-hybridized carbons (Fsp3) is 0.565. The number of nitrogens with zero attached hydrogens (tertiary/aromatic N) is 6. The van der Waals surface area contributed by atoms with E-state index in [2.05, 4.69) is 32.0 Å². The maximum Gasteiger partial charge on any atom is 0.174 e. The highest BCUT2D eigenvalue weighted by Gasteiger charge is 2.33. The van der Waals surface area contributed by atoms with Crippen LogP contribution in [-0.4, -0.2) is 43.2 Å². The van der Waals surface area contributed by atoms with E-state index in [0.717, 1.165) is 59.3 Å². The molecule has 158 valence electrons. The molecular formula is C23H29ClN6. The molecule has 1 aliphatic carbocycles. The SMILES string of the molecule is CC1CCN([C@@H](c2cc(Cl)c3ccccc3n2)c2nnnn2C2CCCCC2)CC1. The smallest absolute Gasteiger partial charge is 0.174 e.